The SMILES string of the molecule is CC(C)n1[nH]c(=O)c2c1NC(=O)CS[C@@H]2c1ccc2ncccc2c1. The lowest BCUT2D eigenvalue weighted by Gasteiger charge is -2.15. The molecular weight excluding hydrogens is 336 g/mol. The molecule has 1 aliphatic heterocycles. The average Bonchev–Trinajstić information content (AvgIpc) is 2.81. The average molecular weight is 354 g/mol. The number of anilines is 1. The maximum atomic E-state index is 12.6. The number of amides is 1. The standard InChI is InChI=1S/C18H18N4O2S/c1-10(2)22-17-15(18(24)21-22)16(25-9-14(23)20-17)12-5-6-13-11(8-12)4-3-7-19-13/h3-8,10,16H,9H2,1-2H3,(H,20,23)(H,21,24)/t16-/m1/s1. The molecule has 0 aliphatic carbocycles. The summed E-state index contributed by atoms with van der Waals surface area (Å²) in [7, 11) is 0. The fourth-order valence-corrected chi connectivity index (χ4v) is 4.27. The third kappa shape index (κ3) is 2.74. The van der Waals surface area contributed by atoms with Gasteiger partial charge >= 0.3 is 0 Å². The minimum atomic E-state index is -0.206. The van der Waals surface area contributed by atoms with Gasteiger partial charge in [0, 0.05) is 17.6 Å². The molecule has 1 aliphatic rings. The summed E-state index contributed by atoms with van der Waals surface area (Å²) in [5.41, 5.74) is 2.35. The number of hydrogen-bond donors (Lipinski definition) is 2. The number of carbonyl (C=O) groups excluding carboxylic acids is 1. The smallest absolute Gasteiger partial charge is 0.270 e. The minimum Gasteiger partial charge on any atom is -0.310 e. The van der Waals surface area contributed by atoms with E-state index in [0.29, 0.717) is 17.1 Å². The van der Waals surface area contributed by atoms with Gasteiger partial charge in [0.15, 0.2) is 0 Å². The molecule has 4 rings (SSSR count). The summed E-state index contributed by atoms with van der Waals surface area (Å²) < 4.78 is 1.73. The number of fused-ring (bicyclic) bond motifs is 2. The van der Waals surface area contributed by atoms with Gasteiger partial charge in [-0.1, -0.05) is 12.1 Å². The Morgan fingerprint density at radius 3 is 2.92 bits per heavy atom. The number of thioether (sulfide) groups is 1. The minimum absolute atomic E-state index is 0.0429. The van der Waals surface area contributed by atoms with Crippen molar-refractivity contribution >= 4 is 34.4 Å². The number of benzene rings is 1. The van der Waals surface area contributed by atoms with Crippen LogP contribution in [0.1, 0.15) is 36.3 Å². The van der Waals surface area contributed by atoms with Crippen molar-refractivity contribution in [2.24, 2.45) is 0 Å². The highest BCUT2D eigenvalue weighted by Crippen LogP contribution is 2.40. The van der Waals surface area contributed by atoms with E-state index < -0.39 is 0 Å². The van der Waals surface area contributed by atoms with Crippen molar-refractivity contribution in [3.8, 4) is 0 Å². The first kappa shape index (κ1) is 16.0. The molecule has 128 valence electrons. The first-order valence-corrected chi connectivity index (χ1v) is 9.20. The highest BCUT2D eigenvalue weighted by molar-refractivity contribution is 8.00. The third-order valence-corrected chi connectivity index (χ3v) is 5.58. The lowest BCUT2D eigenvalue weighted by Crippen LogP contribution is -2.17. The first-order valence-electron chi connectivity index (χ1n) is 8.15. The van der Waals surface area contributed by atoms with Crippen LogP contribution in [-0.4, -0.2) is 26.4 Å². The normalized spacial score (nSPS) is 17.4. The maximum absolute atomic E-state index is 12.6. The first-order chi connectivity index (χ1) is 12.0. The fraction of sp³-hybridized carbons (Fsp3) is 0.278. The Morgan fingerprint density at radius 1 is 1.28 bits per heavy atom. The maximum Gasteiger partial charge on any atom is 0.270 e. The summed E-state index contributed by atoms with van der Waals surface area (Å²) in [6.45, 7) is 3.94. The second-order valence-corrected chi connectivity index (χ2v) is 7.46. The number of aromatic nitrogens is 3. The van der Waals surface area contributed by atoms with Crippen molar-refractivity contribution < 1.29 is 4.79 Å². The molecule has 0 spiro atoms. The third-order valence-electron chi connectivity index (χ3n) is 4.31. The van der Waals surface area contributed by atoms with E-state index in [4.69, 9.17) is 0 Å². The Balaban J connectivity index is 1.90. The molecule has 0 bridgehead atoms. The van der Waals surface area contributed by atoms with Crippen molar-refractivity contribution in [1.29, 1.82) is 0 Å². The van der Waals surface area contributed by atoms with E-state index in [9.17, 15) is 9.59 Å². The van der Waals surface area contributed by atoms with Gasteiger partial charge in [-0.25, -0.2) is 0 Å². The van der Waals surface area contributed by atoms with Crippen molar-refractivity contribution in [1.82, 2.24) is 14.8 Å². The molecule has 0 saturated heterocycles. The molecule has 1 amide bonds. The number of rotatable bonds is 2. The van der Waals surface area contributed by atoms with Gasteiger partial charge in [0.1, 0.15) is 5.82 Å². The summed E-state index contributed by atoms with van der Waals surface area (Å²) >= 11 is 1.47. The largest absolute Gasteiger partial charge is 0.310 e. The van der Waals surface area contributed by atoms with E-state index in [2.05, 4.69) is 15.4 Å². The Kier molecular flexibility index (Phi) is 3.88. The second-order valence-electron chi connectivity index (χ2n) is 6.36. The number of nitrogens with zero attached hydrogens (tertiary/aromatic N) is 2. The molecule has 3 aromatic rings. The Hall–Kier alpha value is -2.54. The zero-order valence-electron chi connectivity index (χ0n) is 13.9. The van der Waals surface area contributed by atoms with Gasteiger partial charge in [0.25, 0.3) is 5.56 Å². The zero-order chi connectivity index (χ0) is 17.6. The molecule has 6 nitrogen and oxygen atoms in total. The topological polar surface area (TPSA) is 79.8 Å². The highest BCUT2D eigenvalue weighted by atomic mass is 32.2. The summed E-state index contributed by atoms with van der Waals surface area (Å²) in [5.74, 6) is 0.790. The second kappa shape index (κ2) is 6.07. The number of aromatic amines is 1. The van der Waals surface area contributed by atoms with Gasteiger partial charge in [-0.05, 0) is 37.6 Å². The molecular formula is C18H18N4O2S. The molecule has 7 heteroatoms. The monoisotopic (exact) mass is 354 g/mol. The molecule has 25 heavy (non-hydrogen) atoms. The number of H-pyrrole nitrogens is 1. The van der Waals surface area contributed by atoms with E-state index in [1.165, 1.54) is 11.8 Å². The summed E-state index contributed by atoms with van der Waals surface area (Å²) in [4.78, 5) is 29.1. The van der Waals surface area contributed by atoms with Crippen LogP contribution in [-0.2, 0) is 4.79 Å². The van der Waals surface area contributed by atoms with Crippen molar-refractivity contribution in [3.05, 3.63) is 58.0 Å². The van der Waals surface area contributed by atoms with Crippen molar-refractivity contribution in [2.45, 2.75) is 25.1 Å². The van der Waals surface area contributed by atoms with Gasteiger partial charge in [-0.15, -0.1) is 11.8 Å². The number of hydrogen-bond acceptors (Lipinski definition) is 4. The Morgan fingerprint density at radius 2 is 2.12 bits per heavy atom. The predicted molar refractivity (Wildman–Crippen MR) is 100 cm³/mol. The van der Waals surface area contributed by atoms with Crippen LogP contribution in [0, 0.1) is 0 Å². The Bertz CT molecular complexity index is 1020. The van der Waals surface area contributed by atoms with Gasteiger partial charge in [-0.3, -0.25) is 24.4 Å². The highest BCUT2D eigenvalue weighted by Gasteiger charge is 2.31. The Labute approximate surface area is 148 Å². The van der Waals surface area contributed by atoms with E-state index in [0.717, 1.165) is 16.5 Å². The van der Waals surface area contributed by atoms with Crippen molar-refractivity contribution in [2.75, 3.05) is 11.1 Å². The molecule has 0 fully saturated rings. The lowest BCUT2D eigenvalue weighted by atomic mass is 10.0. The van der Waals surface area contributed by atoms with Gasteiger partial charge in [0.05, 0.1) is 22.1 Å². The number of pyridine rings is 1. The van der Waals surface area contributed by atoms with Crippen LogP contribution < -0.4 is 10.9 Å². The van der Waals surface area contributed by atoms with Crippen LogP contribution in [0.5, 0.6) is 0 Å². The van der Waals surface area contributed by atoms with Crippen molar-refractivity contribution in [3.63, 3.8) is 0 Å². The summed E-state index contributed by atoms with van der Waals surface area (Å²) in [5, 5.41) is 6.56. The fourth-order valence-electron chi connectivity index (χ4n) is 3.15. The van der Waals surface area contributed by atoms with Gasteiger partial charge < -0.3 is 5.32 Å². The number of carbonyl (C=O) groups is 1. The number of nitrogens with one attached hydrogen (secondary N) is 2. The zero-order valence-corrected chi connectivity index (χ0v) is 14.8. The van der Waals surface area contributed by atoms with Crippen LogP contribution in [0.15, 0.2) is 41.3 Å². The van der Waals surface area contributed by atoms with Gasteiger partial charge in [0.2, 0.25) is 5.91 Å². The summed E-state index contributed by atoms with van der Waals surface area (Å²) in [6.07, 6.45) is 1.76. The van der Waals surface area contributed by atoms with Crippen LogP contribution in [0.3, 0.4) is 0 Å². The van der Waals surface area contributed by atoms with Crippen LogP contribution in [0.4, 0.5) is 5.82 Å². The van der Waals surface area contributed by atoms with Crippen LogP contribution in [0.25, 0.3) is 10.9 Å². The van der Waals surface area contributed by atoms with Crippen LogP contribution in [0.2, 0.25) is 0 Å². The molecule has 0 radical (unpaired) electrons. The van der Waals surface area contributed by atoms with Crippen LogP contribution >= 0.6 is 11.8 Å². The lowest BCUT2D eigenvalue weighted by molar-refractivity contribution is -0.113. The summed E-state index contributed by atoms with van der Waals surface area (Å²) in [6, 6.07) is 9.93. The van der Waals surface area contributed by atoms with E-state index in [-0.39, 0.29) is 22.8 Å². The van der Waals surface area contributed by atoms with E-state index in [1.807, 2.05) is 44.2 Å². The molecule has 1 aromatic carbocycles. The van der Waals surface area contributed by atoms with Gasteiger partial charge in [-0.2, -0.15) is 0 Å². The predicted octanol–water partition coefficient (Wildman–Crippen LogP) is 3.08. The molecule has 0 saturated carbocycles. The molecule has 0 unspecified atom stereocenters. The molecule has 2 N–H and O–H groups in total. The molecule has 1 atom stereocenters. The molecule has 3 heterocycles. The molecule has 2 aromatic heterocycles. The van der Waals surface area contributed by atoms with E-state index in [1.54, 1.807) is 10.9 Å². The quantitative estimate of drug-likeness (QED) is 0.741. The van der Waals surface area contributed by atoms with E-state index >= 15 is 0 Å².